The van der Waals surface area contributed by atoms with Crippen molar-refractivity contribution in [3.63, 3.8) is 0 Å². The number of carbonyl (C=O) groups excluding carboxylic acids is 2. The third kappa shape index (κ3) is 5.88. The number of nitrogens with one attached hydrogen (secondary N) is 1. The maximum atomic E-state index is 12.9. The summed E-state index contributed by atoms with van der Waals surface area (Å²) in [4.78, 5) is 24.1. The molecule has 1 aliphatic heterocycles. The van der Waals surface area contributed by atoms with Crippen LogP contribution >= 0.6 is 0 Å². The van der Waals surface area contributed by atoms with E-state index in [9.17, 15) is 18.0 Å². The van der Waals surface area contributed by atoms with Gasteiger partial charge in [0.1, 0.15) is 0 Å². The van der Waals surface area contributed by atoms with Crippen molar-refractivity contribution in [2.75, 3.05) is 13.1 Å². The second kappa shape index (κ2) is 10.2. The third-order valence-electron chi connectivity index (χ3n) is 5.33. The van der Waals surface area contributed by atoms with Gasteiger partial charge in [-0.3, -0.25) is 9.59 Å². The predicted octanol–water partition coefficient (Wildman–Crippen LogP) is 3.37. The first-order valence-corrected chi connectivity index (χ1v) is 11.6. The zero-order chi connectivity index (χ0) is 20.7. The molecule has 0 aromatic heterocycles. The molecule has 0 radical (unpaired) electrons. The fourth-order valence-electron chi connectivity index (χ4n) is 3.52. The summed E-state index contributed by atoms with van der Waals surface area (Å²) in [5.41, 5.74) is 0.382. The van der Waals surface area contributed by atoms with E-state index in [0.29, 0.717) is 31.5 Å². The molecule has 1 saturated heterocycles. The normalized spacial score (nSPS) is 17.2. The highest BCUT2D eigenvalue weighted by Gasteiger charge is 2.32. The third-order valence-corrected chi connectivity index (χ3v) is 7.23. The molecule has 1 N–H and O–H groups in total. The van der Waals surface area contributed by atoms with E-state index < -0.39 is 10.0 Å². The molecule has 156 valence electrons. The molecule has 0 bridgehead atoms. The molecule has 1 amide bonds. The monoisotopic (exact) mass is 408 g/mol. The summed E-state index contributed by atoms with van der Waals surface area (Å²) in [6.45, 7) is 6.22. The number of nitrogens with zero attached hydrogens (tertiary/aromatic N) is 1. The Kier molecular flexibility index (Phi) is 8.19. The molecule has 0 spiro atoms. The summed E-state index contributed by atoms with van der Waals surface area (Å²) < 4.78 is 27.2. The number of carbonyl (C=O) groups is 2. The van der Waals surface area contributed by atoms with Gasteiger partial charge in [-0.15, -0.1) is 0 Å². The van der Waals surface area contributed by atoms with Crippen LogP contribution in [0.3, 0.4) is 0 Å². The van der Waals surface area contributed by atoms with Crippen molar-refractivity contribution >= 4 is 21.7 Å². The maximum Gasteiger partial charge on any atom is 0.243 e. The van der Waals surface area contributed by atoms with Gasteiger partial charge >= 0.3 is 0 Å². The summed E-state index contributed by atoms with van der Waals surface area (Å²) >= 11 is 0. The SMILES string of the molecule is CCCCCC(C)NC(=O)C1CCN(S(=O)(=O)c2cccc(C(C)=O)c2)CC1. The van der Waals surface area contributed by atoms with Gasteiger partial charge in [-0.1, -0.05) is 38.3 Å². The molecular formula is C21H32N2O4S. The van der Waals surface area contributed by atoms with E-state index in [1.165, 1.54) is 29.8 Å². The predicted molar refractivity (Wildman–Crippen MR) is 110 cm³/mol. The van der Waals surface area contributed by atoms with Gasteiger partial charge in [-0.05, 0) is 45.2 Å². The number of unbranched alkanes of at least 4 members (excludes halogenated alkanes) is 2. The molecule has 1 unspecified atom stereocenters. The van der Waals surface area contributed by atoms with Crippen LogP contribution in [0, 0.1) is 5.92 Å². The Morgan fingerprint density at radius 1 is 1.21 bits per heavy atom. The summed E-state index contributed by atoms with van der Waals surface area (Å²) in [6.07, 6.45) is 5.43. The minimum Gasteiger partial charge on any atom is -0.353 e. The van der Waals surface area contributed by atoms with Crippen molar-refractivity contribution in [1.29, 1.82) is 0 Å². The summed E-state index contributed by atoms with van der Waals surface area (Å²) in [5, 5.41) is 3.07. The topological polar surface area (TPSA) is 83.6 Å². The van der Waals surface area contributed by atoms with E-state index in [-0.39, 0.29) is 28.5 Å². The lowest BCUT2D eigenvalue weighted by Gasteiger charge is -2.31. The Bertz CT molecular complexity index is 783. The maximum absolute atomic E-state index is 12.9. The standard InChI is InChI=1S/C21H32N2O4S/c1-4-5-6-8-16(2)22-21(25)18-11-13-23(14-12-18)28(26,27)20-10-7-9-19(15-20)17(3)24/h7,9-10,15-16,18H,4-6,8,11-14H2,1-3H3,(H,22,25). The Hall–Kier alpha value is -1.73. The molecule has 7 heteroatoms. The Balaban J connectivity index is 1.93. The van der Waals surface area contributed by atoms with Crippen LogP contribution < -0.4 is 5.32 Å². The van der Waals surface area contributed by atoms with E-state index in [1.54, 1.807) is 12.1 Å². The van der Waals surface area contributed by atoms with Gasteiger partial charge in [0.25, 0.3) is 0 Å². The number of hydrogen-bond acceptors (Lipinski definition) is 4. The van der Waals surface area contributed by atoms with Gasteiger partial charge in [0.2, 0.25) is 15.9 Å². The molecule has 1 atom stereocenters. The molecular weight excluding hydrogens is 376 g/mol. The largest absolute Gasteiger partial charge is 0.353 e. The van der Waals surface area contributed by atoms with E-state index in [1.807, 2.05) is 6.92 Å². The lowest BCUT2D eigenvalue weighted by molar-refractivity contribution is -0.126. The van der Waals surface area contributed by atoms with Crippen LogP contribution in [0.1, 0.15) is 69.7 Å². The average molecular weight is 409 g/mol. The molecule has 0 aliphatic carbocycles. The highest BCUT2D eigenvalue weighted by Crippen LogP contribution is 2.25. The molecule has 6 nitrogen and oxygen atoms in total. The first-order valence-electron chi connectivity index (χ1n) is 10.2. The number of ketones is 1. The van der Waals surface area contributed by atoms with Crippen LogP contribution in [0.15, 0.2) is 29.2 Å². The van der Waals surface area contributed by atoms with Crippen LogP contribution in [-0.2, 0) is 14.8 Å². The Morgan fingerprint density at radius 2 is 1.89 bits per heavy atom. The Labute approximate surface area is 168 Å². The van der Waals surface area contributed by atoms with E-state index in [4.69, 9.17) is 0 Å². The molecule has 1 fully saturated rings. The van der Waals surface area contributed by atoms with Crippen molar-refractivity contribution < 1.29 is 18.0 Å². The van der Waals surface area contributed by atoms with Crippen LogP contribution in [-0.4, -0.2) is 43.5 Å². The van der Waals surface area contributed by atoms with Crippen molar-refractivity contribution in [3.05, 3.63) is 29.8 Å². The molecule has 28 heavy (non-hydrogen) atoms. The van der Waals surface area contributed by atoms with Crippen LogP contribution in [0.5, 0.6) is 0 Å². The zero-order valence-electron chi connectivity index (χ0n) is 17.1. The van der Waals surface area contributed by atoms with Crippen LogP contribution in [0.4, 0.5) is 0 Å². The van der Waals surface area contributed by atoms with Crippen LogP contribution in [0.25, 0.3) is 0 Å². The van der Waals surface area contributed by atoms with Crippen molar-refractivity contribution in [3.8, 4) is 0 Å². The van der Waals surface area contributed by atoms with Crippen LogP contribution in [0.2, 0.25) is 0 Å². The lowest BCUT2D eigenvalue weighted by Crippen LogP contribution is -2.44. The average Bonchev–Trinajstić information content (AvgIpc) is 2.68. The number of Topliss-reactive ketones (excluding diaryl/α,β-unsaturated/α-hetero) is 1. The minimum absolute atomic E-state index is 0.0274. The van der Waals surface area contributed by atoms with Gasteiger partial charge in [-0.2, -0.15) is 4.31 Å². The summed E-state index contributed by atoms with van der Waals surface area (Å²) in [5.74, 6) is -0.288. The van der Waals surface area contributed by atoms with Gasteiger partial charge in [-0.25, -0.2) is 8.42 Å². The van der Waals surface area contributed by atoms with E-state index in [2.05, 4.69) is 12.2 Å². The highest BCUT2D eigenvalue weighted by atomic mass is 32.2. The second-order valence-corrected chi connectivity index (χ2v) is 9.61. The number of piperidine rings is 1. The minimum atomic E-state index is -3.66. The highest BCUT2D eigenvalue weighted by molar-refractivity contribution is 7.89. The zero-order valence-corrected chi connectivity index (χ0v) is 17.9. The van der Waals surface area contributed by atoms with Gasteiger partial charge < -0.3 is 5.32 Å². The summed E-state index contributed by atoms with van der Waals surface area (Å²) in [6, 6.07) is 6.28. The fraction of sp³-hybridized carbons (Fsp3) is 0.619. The van der Waals surface area contributed by atoms with Crippen molar-refractivity contribution in [2.24, 2.45) is 5.92 Å². The van der Waals surface area contributed by atoms with E-state index in [0.717, 1.165) is 19.3 Å². The number of hydrogen-bond donors (Lipinski definition) is 1. The Morgan fingerprint density at radius 3 is 2.50 bits per heavy atom. The van der Waals surface area contributed by atoms with Gasteiger partial charge in [0.15, 0.2) is 5.78 Å². The number of benzene rings is 1. The molecule has 1 heterocycles. The number of amides is 1. The summed E-state index contributed by atoms with van der Waals surface area (Å²) in [7, 11) is -3.66. The molecule has 1 aliphatic rings. The van der Waals surface area contributed by atoms with Crippen molar-refractivity contribution in [1.82, 2.24) is 9.62 Å². The van der Waals surface area contributed by atoms with E-state index >= 15 is 0 Å². The van der Waals surface area contributed by atoms with Gasteiger partial charge in [0, 0.05) is 30.6 Å². The lowest BCUT2D eigenvalue weighted by atomic mass is 9.96. The second-order valence-electron chi connectivity index (χ2n) is 7.67. The molecule has 2 rings (SSSR count). The van der Waals surface area contributed by atoms with Gasteiger partial charge in [0.05, 0.1) is 4.90 Å². The first-order chi connectivity index (χ1) is 13.3. The first kappa shape index (κ1) is 22.6. The molecule has 1 aromatic rings. The molecule has 0 saturated carbocycles. The quantitative estimate of drug-likeness (QED) is 0.501. The number of sulfonamides is 1. The smallest absolute Gasteiger partial charge is 0.243 e. The molecule has 1 aromatic carbocycles. The number of rotatable bonds is 9. The fourth-order valence-corrected chi connectivity index (χ4v) is 5.03. The van der Waals surface area contributed by atoms with Crippen molar-refractivity contribution in [2.45, 2.75) is 70.2 Å².